The van der Waals surface area contributed by atoms with E-state index >= 15 is 0 Å². The van der Waals surface area contributed by atoms with Gasteiger partial charge in [0, 0.05) is 12.1 Å². The predicted octanol–water partition coefficient (Wildman–Crippen LogP) is 2.60. The Hall–Kier alpha value is -2.13. The minimum absolute atomic E-state index is 0.106. The largest absolute Gasteiger partial charge is 0.342 e. The highest BCUT2D eigenvalue weighted by molar-refractivity contribution is 5.94. The molecule has 0 saturated carbocycles. The van der Waals surface area contributed by atoms with E-state index in [1.807, 2.05) is 68.4 Å². The molecule has 0 saturated heterocycles. The van der Waals surface area contributed by atoms with E-state index in [2.05, 4.69) is 5.32 Å². The van der Waals surface area contributed by atoms with Crippen LogP contribution in [0, 0.1) is 6.92 Å². The first-order valence-corrected chi connectivity index (χ1v) is 6.70. The fourth-order valence-electron chi connectivity index (χ4n) is 2.16. The fraction of sp³-hybridized carbons (Fsp3) is 0.235. The molecule has 0 heterocycles. The van der Waals surface area contributed by atoms with E-state index in [1.54, 1.807) is 0 Å². The molecule has 0 aliphatic carbocycles. The summed E-state index contributed by atoms with van der Waals surface area (Å²) in [5.74, 6) is -0.106. The summed E-state index contributed by atoms with van der Waals surface area (Å²) in [6.07, 6.45) is 0. The van der Waals surface area contributed by atoms with E-state index in [9.17, 15) is 4.79 Å². The van der Waals surface area contributed by atoms with Crippen molar-refractivity contribution in [1.82, 2.24) is 5.32 Å². The number of carbonyl (C=O) groups is 1. The van der Waals surface area contributed by atoms with Crippen molar-refractivity contribution >= 4 is 5.91 Å². The van der Waals surface area contributed by atoms with E-state index in [1.165, 1.54) is 0 Å². The fourth-order valence-corrected chi connectivity index (χ4v) is 2.16. The lowest BCUT2D eigenvalue weighted by atomic mass is 9.91. The summed E-state index contributed by atoms with van der Waals surface area (Å²) in [6, 6.07) is 17.3. The highest BCUT2D eigenvalue weighted by Gasteiger charge is 2.27. The second-order valence-corrected chi connectivity index (χ2v) is 5.23. The summed E-state index contributed by atoms with van der Waals surface area (Å²) in [5, 5.41) is 3.04. The molecular formula is C17H20N2O. The number of amides is 1. The molecule has 2 aromatic carbocycles. The van der Waals surface area contributed by atoms with Crippen LogP contribution >= 0.6 is 0 Å². The van der Waals surface area contributed by atoms with Crippen molar-refractivity contribution in [2.24, 2.45) is 5.73 Å². The Morgan fingerprint density at radius 3 is 2.45 bits per heavy atom. The summed E-state index contributed by atoms with van der Waals surface area (Å²) >= 11 is 0. The van der Waals surface area contributed by atoms with Gasteiger partial charge in [0.05, 0.1) is 5.54 Å². The molecule has 0 aliphatic heterocycles. The third kappa shape index (κ3) is 3.06. The predicted molar refractivity (Wildman–Crippen MR) is 81.5 cm³/mol. The summed E-state index contributed by atoms with van der Waals surface area (Å²) in [5.41, 5.74) is 8.03. The van der Waals surface area contributed by atoms with Crippen molar-refractivity contribution in [2.75, 3.05) is 6.54 Å². The lowest BCUT2D eigenvalue weighted by Gasteiger charge is -2.30. The lowest BCUT2D eigenvalue weighted by molar-refractivity contribution is 0.0907. The molecule has 0 radical (unpaired) electrons. The topological polar surface area (TPSA) is 55.1 Å². The summed E-state index contributed by atoms with van der Waals surface area (Å²) < 4.78 is 0. The second-order valence-electron chi connectivity index (χ2n) is 5.23. The minimum atomic E-state index is -0.567. The van der Waals surface area contributed by atoms with Crippen LogP contribution in [0.4, 0.5) is 0 Å². The van der Waals surface area contributed by atoms with Crippen LogP contribution in [0.15, 0.2) is 54.6 Å². The molecule has 3 nitrogen and oxygen atoms in total. The zero-order chi connectivity index (χ0) is 14.6. The Kier molecular flexibility index (Phi) is 4.20. The molecule has 2 aromatic rings. The highest BCUT2D eigenvalue weighted by atomic mass is 16.1. The molecular weight excluding hydrogens is 248 g/mol. The van der Waals surface area contributed by atoms with Gasteiger partial charge in [-0.05, 0) is 31.5 Å². The van der Waals surface area contributed by atoms with Crippen molar-refractivity contribution in [1.29, 1.82) is 0 Å². The SMILES string of the molecule is Cc1cccc(C(=O)NC(C)(CN)c2ccccc2)c1. The Morgan fingerprint density at radius 1 is 1.15 bits per heavy atom. The van der Waals surface area contributed by atoms with Crippen molar-refractivity contribution in [3.05, 3.63) is 71.3 Å². The van der Waals surface area contributed by atoms with Gasteiger partial charge < -0.3 is 11.1 Å². The van der Waals surface area contributed by atoms with E-state index in [-0.39, 0.29) is 5.91 Å². The molecule has 3 N–H and O–H groups in total. The van der Waals surface area contributed by atoms with Crippen LogP contribution in [0.25, 0.3) is 0 Å². The van der Waals surface area contributed by atoms with Gasteiger partial charge in [-0.15, -0.1) is 0 Å². The number of hydrogen-bond donors (Lipinski definition) is 2. The number of aryl methyl sites for hydroxylation is 1. The lowest BCUT2D eigenvalue weighted by Crippen LogP contribution is -2.48. The average Bonchev–Trinajstić information content (AvgIpc) is 2.48. The van der Waals surface area contributed by atoms with Gasteiger partial charge in [0.2, 0.25) is 0 Å². The van der Waals surface area contributed by atoms with Gasteiger partial charge in [-0.25, -0.2) is 0 Å². The quantitative estimate of drug-likeness (QED) is 0.895. The first-order valence-electron chi connectivity index (χ1n) is 6.70. The normalized spacial score (nSPS) is 13.6. The molecule has 1 amide bonds. The number of benzene rings is 2. The summed E-state index contributed by atoms with van der Waals surface area (Å²) in [7, 11) is 0. The monoisotopic (exact) mass is 268 g/mol. The number of nitrogens with one attached hydrogen (secondary N) is 1. The van der Waals surface area contributed by atoms with Crippen molar-refractivity contribution in [2.45, 2.75) is 19.4 Å². The van der Waals surface area contributed by atoms with Crippen LogP contribution in [-0.2, 0) is 5.54 Å². The standard InChI is InChI=1S/C17H20N2O/c1-13-7-6-8-14(11-13)16(20)19-17(2,12-18)15-9-4-3-5-10-15/h3-11H,12,18H2,1-2H3,(H,19,20). The first-order chi connectivity index (χ1) is 9.55. The molecule has 0 aliphatic rings. The first kappa shape index (κ1) is 14.3. The molecule has 104 valence electrons. The smallest absolute Gasteiger partial charge is 0.252 e. The summed E-state index contributed by atoms with van der Waals surface area (Å²) in [6.45, 7) is 4.25. The van der Waals surface area contributed by atoms with Crippen LogP contribution < -0.4 is 11.1 Å². The number of rotatable bonds is 4. The van der Waals surface area contributed by atoms with E-state index in [4.69, 9.17) is 5.73 Å². The Bertz CT molecular complexity index is 595. The molecule has 0 fully saturated rings. The highest BCUT2D eigenvalue weighted by Crippen LogP contribution is 2.20. The molecule has 0 aromatic heterocycles. The average molecular weight is 268 g/mol. The Balaban J connectivity index is 2.24. The van der Waals surface area contributed by atoms with Crippen LogP contribution in [0.3, 0.4) is 0 Å². The van der Waals surface area contributed by atoms with Crippen LogP contribution in [0.2, 0.25) is 0 Å². The van der Waals surface area contributed by atoms with Gasteiger partial charge in [0.15, 0.2) is 0 Å². The maximum atomic E-state index is 12.4. The van der Waals surface area contributed by atoms with Crippen molar-refractivity contribution in [3.8, 4) is 0 Å². The third-order valence-electron chi connectivity index (χ3n) is 3.49. The number of carbonyl (C=O) groups excluding carboxylic acids is 1. The van der Waals surface area contributed by atoms with Crippen LogP contribution in [-0.4, -0.2) is 12.5 Å². The van der Waals surface area contributed by atoms with Crippen molar-refractivity contribution in [3.63, 3.8) is 0 Å². The molecule has 0 bridgehead atoms. The zero-order valence-corrected chi connectivity index (χ0v) is 11.9. The Labute approximate surface area is 119 Å². The van der Waals surface area contributed by atoms with Gasteiger partial charge in [-0.2, -0.15) is 0 Å². The second kappa shape index (κ2) is 5.88. The number of hydrogen-bond acceptors (Lipinski definition) is 2. The maximum absolute atomic E-state index is 12.4. The van der Waals surface area contributed by atoms with Gasteiger partial charge in [-0.3, -0.25) is 4.79 Å². The summed E-state index contributed by atoms with van der Waals surface area (Å²) in [4.78, 5) is 12.4. The van der Waals surface area contributed by atoms with Crippen LogP contribution in [0.1, 0.15) is 28.4 Å². The molecule has 20 heavy (non-hydrogen) atoms. The Morgan fingerprint density at radius 2 is 1.85 bits per heavy atom. The van der Waals surface area contributed by atoms with E-state index in [0.717, 1.165) is 11.1 Å². The van der Waals surface area contributed by atoms with Crippen LogP contribution in [0.5, 0.6) is 0 Å². The van der Waals surface area contributed by atoms with Gasteiger partial charge in [-0.1, -0.05) is 48.0 Å². The number of nitrogens with two attached hydrogens (primary N) is 1. The molecule has 1 unspecified atom stereocenters. The van der Waals surface area contributed by atoms with Crippen molar-refractivity contribution < 1.29 is 4.79 Å². The van der Waals surface area contributed by atoms with E-state index < -0.39 is 5.54 Å². The molecule has 1 atom stereocenters. The minimum Gasteiger partial charge on any atom is -0.342 e. The van der Waals surface area contributed by atoms with E-state index in [0.29, 0.717) is 12.1 Å². The van der Waals surface area contributed by atoms with Gasteiger partial charge in [0.25, 0.3) is 5.91 Å². The molecule has 0 spiro atoms. The van der Waals surface area contributed by atoms with Gasteiger partial charge >= 0.3 is 0 Å². The zero-order valence-electron chi connectivity index (χ0n) is 11.9. The molecule has 3 heteroatoms. The molecule has 2 rings (SSSR count). The third-order valence-corrected chi connectivity index (χ3v) is 3.49. The van der Waals surface area contributed by atoms with Gasteiger partial charge in [0.1, 0.15) is 0 Å². The maximum Gasteiger partial charge on any atom is 0.252 e.